The molecule has 1 heterocycles. The van der Waals surface area contributed by atoms with Gasteiger partial charge in [-0.1, -0.05) is 22.0 Å². The maximum atomic E-state index is 11.6. The minimum atomic E-state index is -0.268. The molecule has 15 heavy (non-hydrogen) atoms. The van der Waals surface area contributed by atoms with Crippen LogP contribution in [0.25, 0.3) is 0 Å². The minimum absolute atomic E-state index is 0.00931. The summed E-state index contributed by atoms with van der Waals surface area (Å²) in [6.45, 7) is 4.23. The third-order valence-electron chi connectivity index (χ3n) is 2.31. The molecule has 4 heteroatoms. The van der Waals surface area contributed by atoms with Gasteiger partial charge in [0.05, 0.1) is 0 Å². The van der Waals surface area contributed by atoms with Crippen LogP contribution in [-0.4, -0.2) is 12.5 Å². The van der Waals surface area contributed by atoms with Gasteiger partial charge in [-0.15, -0.1) is 6.58 Å². The fourth-order valence-electron chi connectivity index (χ4n) is 1.64. The van der Waals surface area contributed by atoms with Gasteiger partial charge in [0.25, 0.3) is 0 Å². The zero-order chi connectivity index (χ0) is 10.8. The van der Waals surface area contributed by atoms with E-state index >= 15 is 0 Å². The molecule has 3 nitrogen and oxygen atoms in total. The highest BCUT2D eigenvalue weighted by Crippen LogP contribution is 2.32. The predicted molar refractivity (Wildman–Crippen MR) is 63.7 cm³/mol. The Morgan fingerprint density at radius 3 is 3.13 bits per heavy atom. The Kier molecular flexibility index (Phi) is 2.88. The van der Waals surface area contributed by atoms with Gasteiger partial charge in [0.2, 0.25) is 5.91 Å². The van der Waals surface area contributed by atoms with Crippen molar-refractivity contribution in [3.8, 4) is 0 Å². The van der Waals surface area contributed by atoms with Gasteiger partial charge in [-0.25, -0.2) is 0 Å². The van der Waals surface area contributed by atoms with Crippen molar-refractivity contribution in [2.75, 3.05) is 11.9 Å². The summed E-state index contributed by atoms with van der Waals surface area (Å²) < 4.78 is 0.975. The largest absolute Gasteiger partial charge is 0.324 e. The Hall–Kier alpha value is -1.13. The lowest BCUT2D eigenvalue weighted by Gasteiger charge is -2.09. The Morgan fingerprint density at radius 1 is 1.60 bits per heavy atom. The molecule has 1 aliphatic heterocycles. The van der Waals surface area contributed by atoms with Crippen molar-refractivity contribution >= 4 is 27.5 Å². The van der Waals surface area contributed by atoms with Crippen molar-refractivity contribution in [1.82, 2.24) is 5.32 Å². The number of halogens is 1. The fourth-order valence-corrected chi connectivity index (χ4v) is 2.02. The molecule has 1 amide bonds. The maximum Gasteiger partial charge on any atom is 0.246 e. The number of carbonyl (C=O) groups is 1. The summed E-state index contributed by atoms with van der Waals surface area (Å²) in [5.41, 5.74) is 1.86. The number of rotatable bonds is 3. The van der Waals surface area contributed by atoms with Gasteiger partial charge in [0.1, 0.15) is 6.04 Å². The lowest BCUT2D eigenvalue weighted by molar-refractivity contribution is -0.117. The Balaban J connectivity index is 2.30. The first kappa shape index (κ1) is 10.4. The van der Waals surface area contributed by atoms with Crippen LogP contribution in [-0.2, 0) is 4.79 Å². The van der Waals surface area contributed by atoms with Crippen LogP contribution in [0.2, 0.25) is 0 Å². The average molecular weight is 267 g/mol. The van der Waals surface area contributed by atoms with E-state index in [1.54, 1.807) is 6.08 Å². The third-order valence-corrected chi connectivity index (χ3v) is 2.80. The Labute approximate surface area is 96.7 Å². The van der Waals surface area contributed by atoms with Crippen molar-refractivity contribution in [2.45, 2.75) is 6.04 Å². The van der Waals surface area contributed by atoms with Crippen LogP contribution in [0.4, 0.5) is 5.69 Å². The van der Waals surface area contributed by atoms with E-state index in [0.29, 0.717) is 6.54 Å². The van der Waals surface area contributed by atoms with E-state index in [1.165, 1.54) is 0 Å². The van der Waals surface area contributed by atoms with Crippen molar-refractivity contribution in [3.05, 3.63) is 40.9 Å². The van der Waals surface area contributed by atoms with E-state index in [-0.39, 0.29) is 11.9 Å². The number of benzene rings is 1. The smallest absolute Gasteiger partial charge is 0.246 e. The molecule has 0 saturated carbocycles. The number of amides is 1. The number of hydrogen-bond acceptors (Lipinski definition) is 2. The van der Waals surface area contributed by atoms with Gasteiger partial charge in [0, 0.05) is 22.3 Å². The second-order valence-corrected chi connectivity index (χ2v) is 4.27. The molecule has 1 aromatic carbocycles. The zero-order valence-electron chi connectivity index (χ0n) is 8.09. The summed E-state index contributed by atoms with van der Waals surface area (Å²) in [6.07, 6.45) is 1.74. The van der Waals surface area contributed by atoms with Gasteiger partial charge < -0.3 is 5.32 Å². The maximum absolute atomic E-state index is 11.6. The van der Waals surface area contributed by atoms with E-state index < -0.39 is 0 Å². The van der Waals surface area contributed by atoms with Gasteiger partial charge in [0.15, 0.2) is 0 Å². The molecule has 1 unspecified atom stereocenters. The minimum Gasteiger partial charge on any atom is -0.324 e. The lowest BCUT2D eigenvalue weighted by Crippen LogP contribution is -2.27. The van der Waals surface area contributed by atoms with Crippen LogP contribution in [0.3, 0.4) is 0 Å². The molecule has 2 N–H and O–H groups in total. The molecule has 1 atom stereocenters. The summed E-state index contributed by atoms with van der Waals surface area (Å²) in [7, 11) is 0. The number of carbonyl (C=O) groups excluding carboxylic acids is 1. The molecule has 0 aliphatic carbocycles. The second-order valence-electron chi connectivity index (χ2n) is 3.35. The molecule has 0 aromatic heterocycles. The van der Waals surface area contributed by atoms with E-state index in [2.05, 4.69) is 33.1 Å². The first-order valence-electron chi connectivity index (χ1n) is 4.67. The van der Waals surface area contributed by atoms with Gasteiger partial charge in [-0.3, -0.25) is 10.1 Å². The van der Waals surface area contributed by atoms with Gasteiger partial charge in [-0.05, 0) is 18.2 Å². The molecule has 2 rings (SSSR count). The molecule has 0 spiro atoms. The van der Waals surface area contributed by atoms with Crippen LogP contribution in [0.15, 0.2) is 35.3 Å². The van der Waals surface area contributed by atoms with Crippen LogP contribution in [0.1, 0.15) is 11.6 Å². The molecular formula is C11H11BrN2O. The van der Waals surface area contributed by atoms with Crippen LogP contribution in [0.5, 0.6) is 0 Å². The molecule has 78 valence electrons. The third kappa shape index (κ3) is 1.96. The van der Waals surface area contributed by atoms with Crippen LogP contribution < -0.4 is 10.6 Å². The molecule has 1 aromatic rings. The highest BCUT2D eigenvalue weighted by atomic mass is 79.9. The summed E-state index contributed by atoms with van der Waals surface area (Å²) in [4.78, 5) is 11.6. The molecular weight excluding hydrogens is 256 g/mol. The number of fused-ring (bicyclic) bond motifs is 1. The normalized spacial score (nSPS) is 18.5. The molecule has 0 bridgehead atoms. The quantitative estimate of drug-likeness (QED) is 0.824. The summed E-state index contributed by atoms with van der Waals surface area (Å²) in [5.74, 6) is -0.00931. The van der Waals surface area contributed by atoms with E-state index in [1.807, 2.05) is 18.2 Å². The van der Waals surface area contributed by atoms with Gasteiger partial charge >= 0.3 is 0 Å². The number of nitrogens with one attached hydrogen (secondary N) is 2. The monoisotopic (exact) mass is 266 g/mol. The highest BCUT2D eigenvalue weighted by molar-refractivity contribution is 9.10. The van der Waals surface area contributed by atoms with Crippen molar-refractivity contribution < 1.29 is 4.79 Å². The molecule has 0 fully saturated rings. The number of anilines is 1. The zero-order valence-corrected chi connectivity index (χ0v) is 9.67. The Morgan fingerprint density at radius 2 is 2.40 bits per heavy atom. The first-order valence-corrected chi connectivity index (χ1v) is 5.46. The predicted octanol–water partition coefficient (Wildman–Crippen LogP) is 2.22. The van der Waals surface area contributed by atoms with E-state index in [9.17, 15) is 4.79 Å². The van der Waals surface area contributed by atoms with Crippen LogP contribution >= 0.6 is 15.9 Å². The van der Waals surface area contributed by atoms with E-state index in [0.717, 1.165) is 15.7 Å². The molecule has 1 aliphatic rings. The van der Waals surface area contributed by atoms with Gasteiger partial charge in [-0.2, -0.15) is 0 Å². The molecule has 0 radical (unpaired) electrons. The Bertz CT molecular complexity index is 417. The van der Waals surface area contributed by atoms with Crippen molar-refractivity contribution in [2.24, 2.45) is 0 Å². The van der Waals surface area contributed by atoms with Crippen molar-refractivity contribution in [1.29, 1.82) is 0 Å². The topological polar surface area (TPSA) is 41.1 Å². The summed E-state index contributed by atoms with van der Waals surface area (Å²) in [6, 6.07) is 5.49. The second kappa shape index (κ2) is 4.16. The van der Waals surface area contributed by atoms with E-state index in [4.69, 9.17) is 0 Å². The molecule has 0 saturated heterocycles. The summed E-state index contributed by atoms with van der Waals surface area (Å²) >= 11 is 3.39. The first-order chi connectivity index (χ1) is 7.22. The standard InChI is InChI=1S/C11H11BrN2O/c1-2-5-13-10-8-6-7(12)3-4-9(8)14-11(10)15/h2-4,6,10,13H,1,5H2,(H,14,15). The average Bonchev–Trinajstić information content (AvgIpc) is 2.51. The number of hydrogen-bond donors (Lipinski definition) is 2. The SMILES string of the molecule is C=CCNC1C(=O)Nc2ccc(Br)cc21. The highest BCUT2D eigenvalue weighted by Gasteiger charge is 2.29. The lowest BCUT2D eigenvalue weighted by atomic mass is 10.1. The summed E-state index contributed by atoms with van der Waals surface area (Å²) in [5, 5.41) is 5.94. The fraction of sp³-hybridized carbons (Fsp3) is 0.182. The van der Waals surface area contributed by atoms with Crippen LogP contribution in [0, 0.1) is 0 Å². The van der Waals surface area contributed by atoms with Crippen molar-refractivity contribution in [3.63, 3.8) is 0 Å².